The van der Waals surface area contributed by atoms with E-state index in [4.69, 9.17) is 0 Å². The number of aliphatic hydroxyl groups is 2. The maximum absolute atomic E-state index is 14.2. The van der Waals surface area contributed by atoms with Crippen molar-refractivity contribution in [1.29, 1.82) is 0 Å². The highest BCUT2D eigenvalue weighted by molar-refractivity contribution is 5.83. The zero-order chi connectivity index (χ0) is 17.4. The summed E-state index contributed by atoms with van der Waals surface area (Å²) in [4.78, 5) is 16.5. The molecule has 1 amide bonds. The SMILES string of the molecule is CN(C)[C@H](C(=O)N1C[C@H]2C[C@H](O)[C@H](O)C[C@H]2C1)c1ccccc1F. The lowest BCUT2D eigenvalue weighted by Crippen LogP contribution is -2.40. The molecular formula is C18H25FN2O3. The van der Waals surface area contributed by atoms with Gasteiger partial charge in [-0.3, -0.25) is 9.69 Å². The first-order chi connectivity index (χ1) is 11.4. The number of halogens is 1. The number of carbonyl (C=O) groups is 1. The van der Waals surface area contributed by atoms with Gasteiger partial charge < -0.3 is 15.1 Å². The molecule has 1 heterocycles. The Morgan fingerprint density at radius 3 is 2.21 bits per heavy atom. The molecule has 1 aromatic carbocycles. The van der Waals surface area contributed by atoms with Gasteiger partial charge in [-0.05, 0) is 44.8 Å². The molecule has 1 saturated carbocycles. The number of hydrogen-bond donors (Lipinski definition) is 2. The quantitative estimate of drug-likeness (QED) is 0.865. The topological polar surface area (TPSA) is 64.0 Å². The molecule has 1 aliphatic carbocycles. The van der Waals surface area contributed by atoms with Crippen LogP contribution in [-0.4, -0.2) is 65.3 Å². The lowest BCUT2D eigenvalue weighted by molar-refractivity contribution is -0.135. The minimum Gasteiger partial charge on any atom is -0.390 e. The predicted molar refractivity (Wildman–Crippen MR) is 87.6 cm³/mol. The third-order valence-corrected chi connectivity index (χ3v) is 5.37. The van der Waals surface area contributed by atoms with Crippen LogP contribution in [0.15, 0.2) is 24.3 Å². The van der Waals surface area contributed by atoms with Gasteiger partial charge in [0.05, 0.1) is 12.2 Å². The highest BCUT2D eigenvalue weighted by atomic mass is 19.1. The second-order valence-electron chi connectivity index (χ2n) is 7.26. The number of hydrogen-bond acceptors (Lipinski definition) is 4. The highest BCUT2D eigenvalue weighted by Gasteiger charge is 2.44. The van der Waals surface area contributed by atoms with Gasteiger partial charge in [0, 0.05) is 18.7 Å². The second kappa shape index (κ2) is 6.78. The van der Waals surface area contributed by atoms with Crippen molar-refractivity contribution in [2.24, 2.45) is 11.8 Å². The molecule has 1 aliphatic heterocycles. The number of likely N-dealkylation sites (tertiary alicyclic amines) is 1. The monoisotopic (exact) mass is 336 g/mol. The van der Waals surface area contributed by atoms with Crippen molar-refractivity contribution in [2.45, 2.75) is 31.1 Å². The Kier molecular flexibility index (Phi) is 4.90. The summed E-state index contributed by atoms with van der Waals surface area (Å²) >= 11 is 0. The molecule has 0 radical (unpaired) electrons. The standard InChI is InChI=1S/C18H25FN2O3/c1-20(2)17(13-5-3-4-6-14(13)19)18(24)21-9-11-7-15(22)16(23)8-12(11)10-21/h3-6,11-12,15-17,22-23H,7-10H2,1-2H3/t11-,12+,15+,16-,17-/m0/s1. The summed E-state index contributed by atoms with van der Waals surface area (Å²) in [5.74, 6) is -0.0953. The Morgan fingerprint density at radius 2 is 1.71 bits per heavy atom. The van der Waals surface area contributed by atoms with Crippen LogP contribution >= 0.6 is 0 Å². The maximum Gasteiger partial charge on any atom is 0.244 e. The lowest BCUT2D eigenvalue weighted by atomic mass is 9.79. The first kappa shape index (κ1) is 17.3. The van der Waals surface area contributed by atoms with Gasteiger partial charge in [0.1, 0.15) is 11.9 Å². The van der Waals surface area contributed by atoms with Crippen molar-refractivity contribution < 1.29 is 19.4 Å². The van der Waals surface area contributed by atoms with Gasteiger partial charge in [0.15, 0.2) is 0 Å². The fourth-order valence-electron chi connectivity index (χ4n) is 4.09. The van der Waals surface area contributed by atoms with Crippen LogP contribution < -0.4 is 0 Å². The van der Waals surface area contributed by atoms with Crippen LogP contribution in [0.5, 0.6) is 0 Å². The number of nitrogens with zero attached hydrogens (tertiary/aromatic N) is 2. The molecule has 2 aliphatic rings. The van der Waals surface area contributed by atoms with Crippen molar-refractivity contribution in [2.75, 3.05) is 27.2 Å². The first-order valence-corrected chi connectivity index (χ1v) is 8.44. The summed E-state index contributed by atoms with van der Waals surface area (Å²) in [5, 5.41) is 19.7. The molecule has 0 aromatic heterocycles. The minimum atomic E-state index is -0.711. The molecule has 1 aromatic rings. The van der Waals surface area contributed by atoms with Gasteiger partial charge in [-0.2, -0.15) is 0 Å². The number of fused-ring (bicyclic) bond motifs is 1. The maximum atomic E-state index is 14.2. The summed E-state index contributed by atoms with van der Waals surface area (Å²) < 4.78 is 14.2. The van der Waals surface area contributed by atoms with Crippen molar-refractivity contribution in [1.82, 2.24) is 9.80 Å². The zero-order valence-corrected chi connectivity index (χ0v) is 14.1. The van der Waals surface area contributed by atoms with Gasteiger partial charge in [0.2, 0.25) is 5.91 Å². The predicted octanol–water partition coefficient (Wildman–Crippen LogP) is 1.02. The minimum absolute atomic E-state index is 0.122. The van der Waals surface area contributed by atoms with E-state index in [1.165, 1.54) is 6.07 Å². The molecule has 0 bridgehead atoms. The van der Waals surface area contributed by atoms with Crippen LogP contribution in [0.2, 0.25) is 0 Å². The van der Waals surface area contributed by atoms with Crippen LogP contribution in [0.4, 0.5) is 4.39 Å². The summed E-state index contributed by atoms with van der Waals surface area (Å²) in [6, 6.07) is 5.70. The Labute approximate surface area is 141 Å². The lowest BCUT2D eigenvalue weighted by Gasteiger charge is -2.31. The fourth-order valence-corrected chi connectivity index (χ4v) is 4.09. The third kappa shape index (κ3) is 3.18. The molecule has 24 heavy (non-hydrogen) atoms. The number of carbonyl (C=O) groups excluding carboxylic acids is 1. The summed E-state index contributed by atoms with van der Waals surface area (Å²) in [6.07, 6.45) is -0.390. The van der Waals surface area contributed by atoms with Crippen LogP contribution in [0.25, 0.3) is 0 Å². The molecule has 5 nitrogen and oxygen atoms in total. The molecule has 0 unspecified atom stereocenters. The van der Waals surface area contributed by atoms with Crippen LogP contribution in [0, 0.1) is 17.7 Å². The van der Waals surface area contributed by atoms with Gasteiger partial charge >= 0.3 is 0 Å². The van der Waals surface area contributed by atoms with E-state index >= 15 is 0 Å². The van der Waals surface area contributed by atoms with Crippen molar-refractivity contribution in [3.05, 3.63) is 35.6 Å². The van der Waals surface area contributed by atoms with Crippen LogP contribution in [-0.2, 0) is 4.79 Å². The molecule has 0 spiro atoms. The molecule has 2 N–H and O–H groups in total. The van der Waals surface area contributed by atoms with E-state index in [0.29, 0.717) is 31.5 Å². The Bertz CT molecular complexity index is 592. The number of benzene rings is 1. The third-order valence-electron chi connectivity index (χ3n) is 5.37. The second-order valence-corrected chi connectivity index (χ2v) is 7.26. The average Bonchev–Trinajstić information content (AvgIpc) is 2.92. The van der Waals surface area contributed by atoms with Crippen molar-refractivity contribution in [3.63, 3.8) is 0 Å². The van der Waals surface area contributed by atoms with E-state index in [2.05, 4.69) is 0 Å². The first-order valence-electron chi connectivity index (χ1n) is 8.44. The molecular weight excluding hydrogens is 311 g/mol. The number of likely N-dealkylation sites (N-methyl/N-ethyl adjacent to an activating group) is 1. The normalized spacial score (nSPS) is 31.2. The van der Waals surface area contributed by atoms with Gasteiger partial charge in [-0.15, -0.1) is 0 Å². The number of amides is 1. The average molecular weight is 336 g/mol. The Morgan fingerprint density at radius 1 is 1.17 bits per heavy atom. The van der Waals surface area contributed by atoms with E-state index in [0.717, 1.165) is 0 Å². The van der Waals surface area contributed by atoms with E-state index < -0.39 is 18.2 Å². The number of aliphatic hydroxyl groups excluding tert-OH is 2. The molecule has 1 saturated heterocycles. The largest absolute Gasteiger partial charge is 0.390 e. The van der Waals surface area contributed by atoms with E-state index in [-0.39, 0.29) is 23.6 Å². The summed E-state index contributed by atoms with van der Waals surface area (Å²) in [6.45, 7) is 1.12. The van der Waals surface area contributed by atoms with Crippen molar-refractivity contribution >= 4 is 5.91 Å². The van der Waals surface area contributed by atoms with E-state index in [9.17, 15) is 19.4 Å². The van der Waals surface area contributed by atoms with Gasteiger partial charge in [-0.1, -0.05) is 18.2 Å². The van der Waals surface area contributed by atoms with Crippen LogP contribution in [0.1, 0.15) is 24.4 Å². The van der Waals surface area contributed by atoms with Gasteiger partial charge in [-0.25, -0.2) is 4.39 Å². The smallest absolute Gasteiger partial charge is 0.244 e. The summed E-state index contributed by atoms with van der Waals surface area (Å²) in [7, 11) is 3.54. The van der Waals surface area contributed by atoms with E-state index in [1.807, 2.05) is 0 Å². The molecule has 2 fully saturated rings. The fraction of sp³-hybridized carbons (Fsp3) is 0.611. The highest BCUT2D eigenvalue weighted by Crippen LogP contribution is 2.38. The molecule has 132 valence electrons. The zero-order valence-electron chi connectivity index (χ0n) is 14.1. The van der Waals surface area contributed by atoms with Crippen LogP contribution in [0.3, 0.4) is 0 Å². The summed E-state index contributed by atoms with van der Waals surface area (Å²) in [5.41, 5.74) is 0.377. The molecule has 3 rings (SSSR count). The molecule has 5 atom stereocenters. The van der Waals surface area contributed by atoms with Crippen molar-refractivity contribution in [3.8, 4) is 0 Å². The number of rotatable bonds is 3. The molecule has 6 heteroatoms. The Hall–Kier alpha value is -1.50. The van der Waals surface area contributed by atoms with Gasteiger partial charge in [0.25, 0.3) is 0 Å². The Balaban J connectivity index is 1.79. The van der Waals surface area contributed by atoms with E-state index in [1.54, 1.807) is 42.1 Å².